The molecule has 2 heterocycles. The number of furan rings is 1. The van der Waals surface area contributed by atoms with Crippen molar-refractivity contribution in [1.29, 1.82) is 0 Å². The van der Waals surface area contributed by atoms with Gasteiger partial charge in [-0.2, -0.15) is 0 Å². The van der Waals surface area contributed by atoms with E-state index < -0.39 is 0 Å². The van der Waals surface area contributed by atoms with Crippen molar-refractivity contribution in [2.45, 2.75) is 38.6 Å². The van der Waals surface area contributed by atoms with E-state index in [1.54, 1.807) is 12.1 Å². The molecule has 1 aromatic heterocycles. The molecule has 0 fully saturated rings. The Morgan fingerprint density at radius 3 is 2.77 bits per heavy atom. The molecule has 0 saturated heterocycles. The Kier molecular flexibility index (Phi) is 4.66. The summed E-state index contributed by atoms with van der Waals surface area (Å²) in [6.45, 7) is 2.11. The fourth-order valence-electron chi connectivity index (χ4n) is 4.48. The number of para-hydroxylation sites is 1. The number of carbonyl (C=O) groups is 1. The fourth-order valence-corrected chi connectivity index (χ4v) is 4.48. The quantitative estimate of drug-likeness (QED) is 0.529. The highest BCUT2D eigenvalue weighted by atomic mass is 19.1. The highest BCUT2D eigenvalue weighted by Crippen LogP contribution is 2.39. The van der Waals surface area contributed by atoms with Gasteiger partial charge in [-0.05, 0) is 68.2 Å². The van der Waals surface area contributed by atoms with Gasteiger partial charge in [0.25, 0.3) is 5.91 Å². The lowest BCUT2D eigenvalue weighted by molar-refractivity contribution is -0.110. The van der Waals surface area contributed by atoms with Crippen LogP contribution in [0.4, 0.5) is 15.8 Å². The van der Waals surface area contributed by atoms with E-state index in [9.17, 15) is 9.18 Å². The van der Waals surface area contributed by atoms with Gasteiger partial charge >= 0.3 is 0 Å². The predicted octanol–water partition coefficient (Wildman–Crippen LogP) is 5.96. The third-order valence-corrected chi connectivity index (χ3v) is 5.87. The molecule has 5 rings (SSSR count). The zero-order valence-corrected chi connectivity index (χ0v) is 16.8. The van der Waals surface area contributed by atoms with E-state index in [2.05, 4.69) is 17.6 Å². The summed E-state index contributed by atoms with van der Waals surface area (Å²) in [7, 11) is 0. The number of fused-ring (bicyclic) bond motifs is 2. The highest BCUT2D eigenvalue weighted by Gasteiger charge is 2.29. The third kappa shape index (κ3) is 3.30. The van der Waals surface area contributed by atoms with Gasteiger partial charge < -0.3 is 15.1 Å². The van der Waals surface area contributed by atoms with Crippen molar-refractivity contribution >= 4 is 28.9 Å². The number of nitrogens with one attached hydrogen (secondary N) is 2. The molecule has 2 aliphatic rings. The number of hydrogen-bond acceptors (Lipinski definition) is 3. The van der Waals surface area contributed by atoms with Crippen LogP contribution < -0.4 is 10.6 Å². The van der Waals surface area contributed by atoms with Crippen LogP contribution in [0.1, 0.15) is 54.0 Å². The van der Waals surface area contributed by atoms with E-state index in [0.29, 0.717) is 22.6 Å². The predicted molar refractivity (Wildman–Crippen MR) is 117 cm³/mol. The first-order valence-corrected chi connectivity index (χ1v) is 10.4. The van der Waals surface area contributed by atoms with Crippen LogP contribution >= 0.6 is 0 Å². The molecular weight excluding hydrogens is 379 g/mol. The Bertz CT molecular complexity index is 1150. The number of halogens is 1. The number of amides is 1. The first kappa shape index (κ1) is 18.7. The summed E-state index contributed by atoms with van der Waals surface area (Å²) in [5.74, 6) is 1.08. The monoisotopic (exact) mass is 402 g/mol. The van der Waals surface area contributed by atoms with Crippen molar-refractivity contribution in [3.05, 3.63) is 82.6 Å². The fraction of sp³-hybridized carbons (Fsp3) is 0.240. The Morgan fingerprint density at radius 2 is 1.93 bits per heavy atom. The minimum atomic E-state index is -0.366. The van der Waals surface area contributed by atoms with Crippen molar-refractivity contribution in [3.8, 4) is 0 Å². The van der Waals surface area contributed by atoms with Gasteiger partial charge in [-0.3, -0.25) is 4.79 Å². The largest absolute Gasteiger partial charge is 0.461 e. The van der Waals surface area contributed by atoms with Gasteiger partial charge in [-0.1, -0.05) is 18.2 Å². The number of aryl methyl sites for hydroxylation is 1. The van der Waals surface area contributed by atoms with E-state index in [1.165, 1.54) is 17.7 Å². The zero-order chi connectivity index (χ0) is 20.7. The summed E-state index contributed by atoms with van der Waals surface area (Å²) in [4.78, 5) is 12.6. The molecule has 1 aliphatic heterocycles. The lowest BCUT2D eigenvalue weighted by Crippen LogP contribution is -2.11. The van der Waals surface area contributed by atoms with Crippen LogP contribution in [0.2, 0.25) is 0 Å². The van der Waals surface area contributed by atoms with Gasteiger partial charge in [0.05, 0.1) is 11.6 Å². The Labute approximate surface area is 174 Å². The topological polar surface area (TPSA) is 54.3 Å². The van der Waals surface area contributed by atoms with Crippen LogP contribution in [-0.2, 0) is 17.6 Å². The smallest absolute Gasteiger partial charge is 0.256 e. The van der Waals surface area contributed by atoms with Gasteiger partial charge in [0.15, 0.2) is 0 Å². The SMILES string of the molecule is CC(Nc1ccccc1)c1c(C=C2C(=O)Nc3ccc(F)cc32)oc2c1CCCC2. The van der Waals surface area contributed by atoms with E-state index >= 15 is 0 Å². The number of hydrogen-bond donors (Lipinski definition) is 2. The highest BCUT2D eigenvalue weighted by molar-refractivity contribution is 6.34. The van der Waals surface area contributed by atoms with Gasteiger partial charge in [-0.25, -0.2) is 4.39 Å². The summed E-state index contributed by atoms with van der Waals surface area (Å²) in [6.07, 6.45) is 5.88. The maximum atomic E-state index is 13.8. The first-order chi connectivity index (χ1) is 14.6. The van der Waals surface area contributed by atoms with Gasteiger partial charge in [-0.15, -0.1) is 0 Å². The van der Waals surface area contributed by atoms with Crippen molar-refractivity contribution in [1.82, 2.24) is 0 Å². The van der Waals surface area contributed by atoms with E-state index in [0.717, 1.165) is 42.7 Å². The maximum Gasteiger partial charge on any atom is 0.256 e. The Hall–Kier alpha value is -3.34. The molecule has 1 amide bonds. The molecule has 5 heteroatoms. The second kappa shape index (κ2) is 7.48. The van der Waals surface area contributed by atoms with Crippen LogP contribution in [0.3, 0.4) is 0 Å². The molecule has 30 heavy (non-hydrogen) atoms. The molecule has 2 aromatic carbocycles. The van der Waals surface area contributed by atoms with E-state index in [4.69, 9.17) is 4.42 Å². The summed E-state index contributed by atoms with van der Waals surface area (Å²) >= 11 is 0. The molecule has 0 radical (unpaired) electrons. The van der Waals surface area contributed by atoms with Gasteiger partial charge in [0.1, 0.15) is 17.3 Å². The van der Waals surface area contributed by atoms with Gasteiger partial charge in [0.2, 0.25) is 0 Å². The molecule has 152 valence electrons. The maximum absolute atomic E-state index is 13.8. The molecule has 4 nitrogen and oxygen atoms in total. The van der Waals surface area contributed by atoms with Crippen LogP contribution in [0.25, 0.3) is 11.6 Å². The van der Waals surface area contributed by atoms with Crippen molar-refractivity contribution < 1.29 is 13.6 Å². The minimum absolute atomic E-state index is 0.00120. The molecule has 0 bridgehead atoms. The molecule has 1 unspecified atom stereocenters. The standard InChI is InChI=1S/C25H23FN2O2/c1-15(27-17-7-3-2-4-8-17)24-18-9-5-6-10-22(18)30-23(24)14-20-19-13-16(26)11-12-21(19)28-25(20)29/h2-4,7-8,11-15,27H,5-6,9-10H2,1H3,(H,28,29). The lowest BCUT2D eigenvalue weighted by Gasteiger charge is -2.18. The number of anilines is 2. The lowest BCUT2D eigenvalue weighted by atomic mass is 9.91. The molecule has 0 spiro atoms. The summed E-state index contributed by atoms with van der Waals surface area (Å²) < 4.78 is 20.1. The summed E-state index contributed by atoms with van der Waals surface area (Å²) in [6, 6.07) is 14.4. The van der Waals surface area contributed by atoms with Crippen molar-refractivity contribution in [2.75, 3.05) is 10.6 Å². The zero-order valence-electron chi connectivity index (χ0n) is 16.8. The second-order valence-corrected chi connectivity index (χ2v) is 7.92. The number of carbonyl (C=O) groups excluding carboxylic acids is 1. The molecule has 0 saturated carbocycles. The van der Waals surface area contributed by atoms with Crippen molar-refractivity contribution in [3.63, 3.8) is 0 Å². The third-order valence-electron chi connectivity index (χ3n) is 5.87. The van der Waals surface area contributed by atoms with Gasteiger partial charge in [0, 0.05) is 28.9 Å². The van der Waals surface area contributed by atoms with Crippen molar-refractivity contribution in [2.24, 2.45) is 0 Å². The minimum Gasteiger partial charge on any atom is -0.461 e. The average molecular weight is 402 g/mol. The van der Waals surface area contributed by atoms with Crippen LogP contribution in [0, 0.1) is 5.82 Å². The molecular formula is C25H23FN2O2. The Balaban J connectivity index is 1.59. The molecule has 1 aliphatic carbocycles. The number of benzene rings is 2. The molecule has 1 atom stereocenters. The summed E-state index contributed by atoms with van der Waals surface area (Å²) in [5, 5.41) is 6.36. The molecule has 3 aromatic rings. The average Bonchev–Trinajstić information content (AvgIpc) is 3.26. The Morgan fingerprint density at radius 1 is 1.13 bits per heavy atom. The van der Waals surface area contributed by atoms with Crippen LogP contribution in [0.5, 0.6) is 0 Å². The number of rotatable bonds is 4. The normalized spacial score (nSPS) is 17.4. The first-order valence-electron chi connectivity index (χ1n) is 10.4. The van der Waals surface area contributed by atoms with Crippen LogP contribution in [0.15, 0.2) is 52.9 Å². The van der Waals surface area contributed by atoms with E-state index in [-0.39, 0.29) is 17.8 Å². The molecule has 2 N–H and O–H groups in total. The van der Waals surface area contributed by atoms with Crippen LogP contribution in [-0.4, -0.2) is 5.91 Å². The second-order valence-electron chi connectivity index (χ2n) is 7.92. The van der Waals surface area contributed by atoms with E-state index in [1.807, 2.05) is 30.3 Å². The summed E-state index contributed by atoms with van der Waals surface area (Å²) in [5.41, 5.74) is 4.98.